The van der Waals surface area contributed by atoms with E-state index in [1.807, 2.05) is 20.8 Å². The van der Waals surface area contributed by atoms with Crippen LogP contribution in [-0.4, -0.2) is 21.0 Å². The van der Waals surface area contributed by atoms with E-state index in [2.05, 4.69) is 15.9 Å². The van der Waals surface area contributed by atoms with Gasteiger partial charge in [-0.15, -0.1) is 0 Å². The van der Waals surface area contributed by atoms with E-state index in [0.717, 1.165) is 12.1 Å². The normalized spacial score (nSPS) is 12.3. The third-order valence-corrected chi connectivity index (χ3v) is 4.22. The van der Waals surface area contributed by atoms with E-state index in [0.29, 0.717) is 6.42 Å². The molecule has 0 radical (unpaired) electrons. The number of rotatable bonds is 4. The van der Waals surface area contributed by atoms with E-state index in [4.69, 9.17) is 9.88 Å². The van der Waals surface area contributed by atoms with E-state index in [-0.39, 0.29) is 22.1 Å². The smallest absolute Gasteiger partial charge is 0.339 e. The molecule has 0 fully saturated rings. The summed E-state index contributed by atoms with van der Waals surface area (Å²) in [5.74, 6) is -1.77. The second-order valence-electron chi connectivity index (χ2n) is 5.75. The molecule has 0 spiro atoms. The van der Waals surface area contributed by atoms with Crippen molar-refractivity contribution in [1.29, 1.82) is 0 Å². The van der Waals surface area contributed by atoms with Crippen molar-refractivity contribution in [2.45, 2.75) is 32.1 Å². The lowest BCUT2D eigenvalue weighted by Crippen LogP contribution is -2.17. The van der Waals surface area contributed by atoms with Crippen molar-refractivity contribution in [3.63, 3.8) is 0 Å². The molecule has 8 heteroatoms. The second-order valence-corrected chi connectivity index (χ2v) is 8.14. The van der Waals surface area contributed by atoms with Crippen molar-refractivity contribution in [3.8, 4) is 0 Å². The summed E-state index contributed by atoms with van der Waals surface area (Å²) in [4.78, 5) is 11.2. The maximum absolute atomic E-state index is 13.6. The van der Waals surface area contributed by atoms with Crippen molar-refractivity contribution in [3.05, 3.63) is 28.0 Å². The molecule has 118 valence electrons. The van der Waals surface area contributed by atoms with E-state index in [9.17, 15) is 17.6 Å². The summed E-state index contributed by atoms with van der Waals surface area (Å²) in [6.45, 7) is 6.16. The van der Waals surface area contributed by atoms with Crippen molar-refractivity contribution in [2.75, 3.05) is 6.61 Å². The Bertz CT molecular complexity index is 653. The minimum atomic E-state index is -4.25. The topological polar surface area (TPSA) is 86.5 Å². The summed E-state index contributed by atoms with van der Waals surface area (Å²) >= 11 is 3.00. The van der Waals surface area contributed by atoms with E-state index in [1.54, 1.807) is 0 Å². The number of sulfonamides is 1. The van der Waals surface area contributed by atoms with Gasteiger partial charge in [0.2, 0.25) is 10.0 Å². The number of nitrogens with two attached hydrogens (primary N) is 1. The summed E-state index contributed by atoms with van der Waals surface area (Å²) in [7, 11) is -4.25. The minimum Gasteiger partial charge on any atom is -0.462 e. The first-order valence-electron chi connectivity index (χ1n) is 6.11. The van der Waals surface area contributed by atoms with Gasteiger partial charge in [0.05, 0.1) is 12.2 Å². The summed E-state index contributed by atoms with van der Waals surface area (Å²) in [5.41, 5.74) is -0.0965. The number of esters is 1. The van der Waals surface area contributed by atoms with E-state index in [1.165, 1.54) is 0 Å². The van der Waals surface area contributed by atoms with Crippen LogP contribution in [0.3, 0.4) is 0 Å². The van der Waals surface area contributed by atoms with Crippen LogP contribution in [0.25, 0.3) is 0 Å². The van der Waals surface area contributed by atoms with Crippen molar-refractivity contribution < 1.29 is 22.3 Å². The highest BCUT2D eigenvalue weighted by atomic mass is 79.9. The van der Waals surface area contributed by atoms with Gasteiger partial charge in [0.15, 0.2) is 0 Å². The molecule has 1 rings (SSSR count). The third-order valence-electron chi connectivity index (χ3n) is 2.63. The molecule has 0 bridgehead atoms. The van der Waals surface area contributed by atoms with Gasteiger partial charge in [-0.05, 0) is 39.9 Å². The fraction of sp³-hybridized carbons (Fsp3) is 0.462. The lowest BCUT2D eigenvalue weighted by atomic mass is 9.93. The van der Waals surface area contributed by atoms with Gasteiger partial charge >= 0.3 is 5.97 Å². The zero-order chi connectivity index (χ0) is 16.4. The fourth-order valence-electron chi connectivity index (χ4n) is 1.43. The molecule has 5 nitrogen and oxygen atoms in total. The van der Waals surface area contributed by atoms with Crippen LogP contribution in [0.2, 0.25) is 0 Å². The highest BCUT2D eigenvalue weighted by Gasteiger charge is 2.22. The van der Waals surface area contributed by atoms with Crippen LogP contribution in [0, 0.1) is 11.2 Å². The molecule has 0 atom stereocenters. The number of carbonyl (C=O) groups excluding carboxylic acids is 1. The van der Waals surface area contributed by atoms with Gasteiger partial charge in [0, 0.05) is 4.47 Å². The number of carbonyl (C=O) groups is 1. The van der Waals surface area contributed by atoms with Crippen molar-refractivity contribution in [1.82, 2.24) is 0 Å². The number of primary sulfonamides is 1. The summed E-state index contributed by atoms with van der Waals surface area (Å²) in [5, 5.41) is 4.90. The number of benzene rings is 1. The van der Waals surface area contributed by atoms with Gasteiger partial charge in [0.25, 0.3) is 0 Å². The first-order valence-corrected chi connectivity index (χ1v) is 8.45. The second kappa shape index (κ2) is 6.41. The van der Waals surface area contributed by atoms with Gasteiger partial charge in [-0.25, -0.2) is 22.7 Å². The molecular weight excluding hydrogens is 365 g/mol. The van der Waals surface area contributed by atoms with Gasteiger partial charge in [-0.1, -0.05) is 20.8 Å². The van der Waals surface area contributed by atoms with Crippen LogP contribution in [-0.2, 0) is 14.8 Å². The number of hydrogen-bond donors (Lipinski definition) is 1. The predicted octanol–water partition coefficient (Wildman–Crippen LogP) is 2.83. The molecule has 21 heavy (non-hydrogen) atoms. The molecule has 0 unspecified atom stereocenters. The van der Waals surface area contributed by atoms with Crippen molar-refractivity contribution >= 4 is 31.9 Å². The van der Waals surface area contributed by atoms with Crippen LogP contribution in [0.15, 0.2) is 21.5 Å². The highest BCUT2D eigenvalue weighted by Crippen LogP contribution is 2.25. The first-order chi connectivity index (χ1) is 9.42. The molecule has 0 heterocycles. The zero-order valence-electron chi connectivity index (χ0n) is 11.9. The Balaban J connectivity index is 3.00. The Morgan fingerprint density at radius 1 is 1.38 bits per heavy atom. The van der Waals surface area contributed by atoms with Gasteiger partial charge in [-0.2, -0.15) is 0 Å². The standard InChI is InChI=1S/C13H17BrFNO4S/c1-13(2,3)4-5-20-12(17)8-6-11(21(16,18)19)10(15)7-9(8)14/h6-7H,4-5H2,1-3H3,(H2,16,18,19). The maximum Gasteiger partial charge on any atom is 0.339 e. The Hall–Kier alpha value is -0.990. The molecule has 0 aromatic heterocycles. The van der Waals surface area contributed by atoms with Crippen LogP contribution < -0.4 is 5.14 Å². The molecule has 0 aliphatic rings. The Morgan fingerprint density at radius 2 is 1.95 bits per heavy atom. The number of hydrogen-bond acceptors (Lipinski definition) is 4. The molecule has 0 saturated carbocycles. The van der Waals surface area contributed by atoms with E-state index >= 15 is 0 Å². The fourth-order valence-corrected chi connectivity index (χ4v) is 2.52. The van der Waals surface area contributed by atoms with Crippen molar-refractivity contribution in [2.24, 2.45) is 10.6 Å². The SMILES string of the molecule is CC(C)(C)CCOC(=O)c1cc(S(N)(=O)=O)c(F)cc1Br. The zero-order valence-corrected chi connectivity index (χ0v) is 14.3. The molecular formula is C13H17BrFNO4S. The minimum absolute atomic E-state index is 0.00787. The summed E-state index contributed by atoms with van der Waals surface area (Å²) < 4.78 is 41.2. The van der Waals surface area contributed by atoms with Crippen LogP contribution in [0.4, 0.5) is 4.39 Å². The summed E-state index contributed by atoms with van der Waals surface area (Å²) in [6, 6.07) is 1.74. The number of halogens is 2. The Labute approximate surface area is 131 Å². The molecule has 0 aliphatic carbocycles. The van der Waals surface area contributed by atoms with Gasteiger partial charge < -0.3 is 4.74 Å². The molecule has 0 saturated heterocycles. The molecule has 1 aromatic rings. The molecule has 0 amide bonds. The van der Waals surface area contributed by atoms with Gasteiger partial charge in [0.1, 0.15) is 10.7 Å². The van der Waals surface area contributed by atoms with Crippen LogP contribution in [0.5, 0.6) is 0 Å². The highest BCUT2D eigenvalue weighted by molar-refractivity contribution is 9.10. The summed E-state index contributed by atoms with van der Waals surface area (Å²) in [6.07, 6.45) is 0.638. The average Bonchev–Trinajstić information content (AvgIpc) is 2.24. The van der Waals surface area contributed by atoms with Gasteiger partial charge in [-0.3, -0.25) is 0 Å². The molecule has 1 aromatic carbocycles. The largest absolute Gasteiger partial charge is 0.462 e. The maximum atomic E-state index is 13.6. The molecule has 2 N–H and O–H groups in total. The molecule has 0 aliphatic heterocycles. The Morgan fingerprint density at radius 3 is 2.43 bits per heavy atom. The van der Waals surface area contributed by atoms with Crippen LogP contribution in [0.1, 0.15) is 37.6 Å². The first kappa shape index (κ1) is 18.1. The monoisotopic (exact) mass is 381 g/mol. The lowest BCUT2D eigenvalue weighted by Gasteiger charge is -2.17. The third kappa shape index (κ3) is 5.37. The average molecular weight is 382 g/mol. The Kier molecular flexibility index (Phi) is 5.51. The van der Waals surface area contributed by atoms with E-state index < -0.39 is 26.7 Å². The lowest BCUT2D eigenvalue weighted by molar-refractivity contribution is 0.0463. The number of ether oxygens (including phenoxy) is 1. The van der Waals surface area contributed by atoms with Crippen LogP contribution >= 0.6 is 15.9 Å². The predicted molar refractivity (Wildman–Crippen MR) is 79.8 cm³/mol. The quantitative estimate of drug-likeness (QED) is 0.812.